The first-order chi connectivity index (χ1) is 8.99. The smallest absolute Gasteiger partial charge is 0.243 e. The Morgan fingerprint density at radius 2 is 1.79 bits per heavy atom. The van der Waals surface area contributed by atoms with Crippen LogP contribution < -0.4 is 5.32 Å². The van der Waals surface area contributed by atoms with Gasteiger partial charge in [0.25, 0.3) is 0 Å². The van der Waals surface area contributed by atoms with Gasteiger partial charge in [0.15, 0.2) is 0 Å². The number of amides is 1. The average molecular weight is 259 g/mol. The van der Waals surface area contributed by atoms with Crippen molar-refractivity contribution in [3.63, 3.8) is 0 Å². The second-order valence-electron chi connectivity index (χ2n) is 5.63. The Balaban J connectivity index is 2.45. The molecule has 0 atom stereocenters. The molecule has 0 spiro atoms. The van der Waals surface area contributed by atoms with Crippen molar-refractivity contribution in [2.45, 2.75) is 40.0 Å². The van der Waals surface area contributed by atoms with E-state index in [1.165, 1.54) is 5.56 Å². The van der Waals surface area contributed by atoms with E-state index in [2.05, 4.69) is 45.1 Å². The van der Waals surface area contributed by atoms with Crippen LogP contribution >= 0.6 is 0 Å². The summed E-state index contributed by atoms with van der Waals surface area (Å²) < 4.78 is 0. The normalized spacial score (nSPS) is 11.5. The predicted octanol–water partition coefficient (Wildman–Crippen LogP) is 3.99. The zero-order chi connectivity index (χ0) is 14.3. The van der Waals surface area contributed by atoms with Gasteiger partial charge in [-0.3, -0.25) is 4.79 Å². The topological polar surface area (TPSA) is 29.1 Å². The summed E-state index contributed by atoms with van der Waals surface area (Å²) in [5, 5.41) is 2.89. The fourth-order valence-corrected chi connectivity index (χ4v) is 1.71. The van der Waals surface area contributed by atoms with Crippen LogP contribution in [0.5, 0.6) is 0 Å². The molecular weight excluding hydrogens is 234 g/mol. The van der Waals surface area contributed by atoms with E-state index < -0.39 is 0 Å². The molecule has 0 heterocycles. The number of hydrogen-bond acceptors (Lipinski definition) is 1. The van der Waals surface area contributed by atoms with Gasteiger partial charge in [0, 0.05) is 12.6 Å². The van der Waals surface area contributed by atoms with Crippen LogP contribution in [-0.2, 0) is 4.79 Å². The van der Waals surface area contributed by atoms with E-state index in [0.717, 1.165) is 18.5 Å². The minimum atomic E-state index is -0.0198. The molecule has 1 aromatic carbocycles. The average Bonchev–Trinajstić information content (AvgIpc) is 2.36. The van der Waals surface area contributed by atoms with Gasteiger partial charge in [-0.15, -0.1) is 0 Å². The number of nitrogens with one attached hydrogen (secondary N) is 1. The van der Waals surface area contributed by atoms with Crippen molar-refractivity contribution in [1.29, 1.82) is 0 Å². The van der Waals surface area contributed by atoms with Crippen LogP contribution in [0.4, 0.5) is 0 Å². The molecule has 0 saturated carbocycles. The first-order valence-corrected chi connectivity index (χ1v) is 7.05. The molecule has 0 fully saturated rings. The summed E-state index contributed by atoms with van der Waals surface area (Å²) in [6.45, 7) is 9.39. The van der Waals surface area contributed by atoms with Gasteiger partial charge in [-0.25, -0.2) is 0 Å². The summed E-state index contributed by atoms with van der Waals surface area (Å²) in [5.74, 6) is 1.14. The Hall–Kier alpha value is -1.57. The Kier molecular flexibility index (Phi) is 6.34. The van der Waals surface area contributed by atoms with Gasteiger partial charge in [0.1, 0.15) is 0 Å². The van der Waals surface area contributed by atoms with E-state index in [1.54, 1.807) is 6.08 Å². The molecular formula is C17H25NO. The number of benzene rings is 1. The summed E-state index contributed by atoms with van der Waals surface area (Å²) in [5.41, 5.74) is 2.38. The first-order valence-electron chi connectivity index (χ1n) is 7.05. The van der Waals surface area contributed by atoms with Crippen molar-refractivity contribution in [1.82, 2.24) is 5.32 Å². The Morgan fingerprint density at radius 1 is 1.16 bits per heavy atom. The summed E-state index contributed by atoms with van der Waals surface area (Å²) in [6, 6.07) is 8.32. The summed E-state index contributed by atoms with van der Waals surface area (Å²) in [4.78, 5) is 11.6. The molecule has 0 aliphatic rings. The quantitative estimate of drug-likeness (QED) is 0.769. The van der Waals surface area contributed by atoms with E-state index in [1.807, 2.05) is 18.2 Å². The van der Waals surface area contributed by atoms with Crippen molar-refractivity contribution >= 4 is 12.0 Å². The molecule has 0 aliphatic carbocycles. The second kappa shape index (κ2) is 7.78. The molecule has 2 nitrogen and oxygen atoms in total. The molecule has 2 heteroatoms. The zero-order valence-electron chi connectivity index (χ0n) is 12.4. The summed E-state index contributed by atoms with van der Waals surface area (Å²) >= 11 is 0. The molecule has 0 aromatic heterocycles. The van der Waals surface area contributed by atoms with Gasteiger partial charge in [0.05, 0.1) is 0 Å². The lowest BCUT2D eigenvalue weighted by atomic mass is 10.0. The van der Waals surface area contributed by atoms with E-state index in [4.69, 9.17) is 0 Å². The molecule has 1 aromatic rings. The van der Waals surface area contributed by atoms with Gasteiger partial charge >= 0.3 is 0 Å². The van der Waals surface area contributed by atoms with E-state index in [9.17, 15) is 4.79 Å². The fraction of sp³-hybridized carbons (Fsp3) is 0.471. The fourth-order valence-electron chi connectivity index (χ4n) is 1.71. The Bertz CT molecular complexity index is 415. The highest BCUT2D eigenvalue weighted by molar-refractivity contribution is 5.91. The van der Waals surface area contributed by atoms with Crippen LogP contribution in [0.1, 0.15) is 51.2 Å². The largest absolute Gasteiger partial charge is 0.353 e. The van der Waals surface area contributed by atoms with Crippen LogP contribution in [0, 0.1) is 5.92 Å². The third kappa shape index (κ3) is 6.23. The molecule has 1 N–H and O–H groups in total. The number of carbonyl (C=O) groups excluding carboxylic acids is 1. The first kappa shape index (κ1) is 15.5. The molecule has 0 unspecified atom stereocenters. The van der Waals surface area contributed by atoms with Crippen molar-refractivity contribution < 1.29 is 4.79 Å². The monoisotopic (exact) mass is 259 g/mol. The van der Waals surface area contributed by atoms with E-state index in [0.29, 0.717) is 11.8 Å². The van der Waals surface area contributed by atoms with Crippen molar-refractivity contribution in [2.75, 3.05) is 6.54 Å². The van der Waals surface area contributed by atoms with E-state index >= 15 is 0 Å². The summed E-state index contributed by atoms with van der Waals surface area (Å²) in [7, 11) is 0. The van der Waals surface area contributed by atoms with E-state index in [-0.39, 0.29) is 5.91 Å². The third-order valence-corrected chi connectivity index (χ3v) is 3.05. The van der Waals surface area contributed by atoms with Crippen LogP contribution in [-0.4, -0.2) is 12.5 Å². The SMILES string of the molecule is CC(C)CCNC(=O)C=Cc1ccc(C(C)C)cc1. The molecule has 19 heavy (non-hydrogen) atoms. The van der Waals surface area contributed by atoms with Gasteiger partial charge in [0.2, 0.25) is 5.91 Å². The maximum absolute atomic E-state index is 11.6. The van der Waals surface area contributed by atoms with Crippen LogP contribution in [0.2, 0.25) is 0 Å². The molecule has 0 bridgehead atoms. The second-order valence-corrected chi connectivity index (χ2v) is 5.63. The van der Waals surface area contributed by atoms with Crippen molar-refractivity contribution in [3.8, 4) is 0 Å². The lowest BCUT2D eigenvalue weighted by Crippen LogP contribution is -2.23. The van der Waals surface area contributed by atoms with Gasteiger partial charge in [-0.2, -0.15) is 0 Å². The maximum atomic E-state index is 11.6. The zero-order valence-corrected chi connectivity index (χ0v) is 12.4. The summed E-state index contributed by atoms with van der Waals surface area (Å²) in [6.07, 6.45) is 4.47. The lowest BCUT2D eigenvalue weighted by molar-refractivity contribution is -0.116. The van der Waals surface area contributed by atoms with Crippen molar-refractivity contribution in [3.05, 3.63) is 41.5 Å². The van der Waals surface area contributed by atoms with Crippen LogP contribution in [0.15, 0.2) is 30.3 Å². The highest BCUT2D eigenvalue weighted by Gasteiger charge is 1.99. The van der Waals surface area contributed by atoms with Gasteiger partial charge in [-0.05, 0) is 35.5 Å². The number of rotatable bonds is 6. The molecule has 1 amide bonds. The molecule has 0 aliphatic heterocycles. The van der Waals surface area contributed by atoms with Crippen LogP contribution in [0.25, 0.3) is 6.08 Å². The number of carbonyl (C=O) groups is 1. The number of hydrogen-bond donors (Lipinski definition) is 1. The highest BCUT2D eigenvalue weighted by atomic mass is 16.1. The highest BCUT2D eigenvalue weighted by Crippen LogP contribution is 2.15. The third-order valence-electron chi connectivity index (χ3n) is 3.05. The minimum absolute atomic E-state index is 0.0198. The maximum Gasteiger partial charge on any atom is 0.243 e. The molecule has 0 saturated heterocycles. The van der Waals surface area contributed by atoms with Crippen LogP contribution in [0.3, 0.4) is 0 Å². The molecule has 1 rings (SSSR count). The minimum Gasteiger partial charge on any atom is -0.353 e. The lowest BCUT2D eigenvalue weighted by Gasteiger charge is -2.05. The standard InChI is InChI=1S/C17H25NO/c1-13(2)11-12-18-17(19)10-7-15-5-8-16(9-6-15)14(3)4/h5-10,13-14H,11-12H2,1-4H3,(H,18,19). The molecule has 0 radical (unpaired) electrons. The Morgan fingerprint density at radius 3 is 2.32 bits per heavy atom. The molecule has 104 valence electrons. The van der Waals surface area contributed by atoms with Gasteiger partial charge < -0.3 is 5.32 Å². The Labute approximate surface area is 116 Å². The van der Waals surface area contributed by atoms with Crippen molar-refractivity contribution in [2.24, 2.45) is 5.92 Å². The van der Waals surface area contributed by atoms with Gasteiger partial charge in [-0.1, -0.05) is 52.0 Å². The predicted molar refractivity (Wildman–Crippen MR) is 82.0 cm³/mol.